The number of allylic oxidation sites excluding steroid dienone is 1. The minimum Gasteiger partial charge on any atom is -0.378 e. The summed E-state index contributed by atoms with van der Waals surface area (Å²) in [7, 11) is 0. The smallest absolute Gasteiger partial charge is 0.185 e. The van der Waals surface area contributed by atoms with Gasteiger partial charge in [0.05, 0.1) is 25.5 Å². The molecule has 0 N–H and O–H groups in total. The van der Waals surface area contributed by atoms with Crippen LogP contribution in [0.15, 0.2) is 60.7 Å². The van der Waals surface area contributed by atoms with Gasteiger partial charge in [0.15, 0.2) is 5.78 Å². The molecule has 2 heterocycles. The van der Waals surface area contributed by atoms with Crippen LogP contribution in [0.2, 0.25) is 0 Å². The van der Waals surface area contributed by atoms with Crippen molar-refractivity contribution < 1.29 is 9.53 Å². The molecule has 154 valence electrons. The maximum absolute atomic E-state index is 12.7. The fraction of sp³-hybridized carbons (Fsp3) is 0.280. The van der Waals surface area contributed by atoms with E-state index in [0.29, 0.717) is 5.56 Å². The lowest BCUT2D eigenvalue weighted by Gasteiger charge is -2.28. The minimum atomic E-state index is -0.00173. The van der Waals surface area contributed by atoms with E-state index in [1.165, 1.54) is 5.56 Å². The van der Waals surface area contributed by atoms with Crippen LogP contribution in [0.1, 0.15) is 32.9 Å². The van der Waals surface area contributed by atoms with Crippen LogP contribution in [0.5, 0.6) is 0 Å². The Labute approximate surface area is 177 Å². The third-order valence-electron chi connectivity index (χ3n) is 5.54. The van der Waals surface area contributed by atoms with Gasteiger partial charge in [-0.05, 0) is 55.8 Å². The molecule has 5 nitrogen and oxygen atoms in total. The molecular formula is C25H27N3O2. The normalized spacial score (nSPS) is 14.4. The Morgan fingerprint density at radius 3 is 2.43 bits per heavy atom. The number of morpholine rings is 1. The molecule has 1 fully saturated rings. The maximum atomic E-state index is 12.7. The zero-order valence-electron chi connectivity index (χ0n) is 17.5. The van der Waals surface area contributed by atoms with Crippen molar-refractivity contribution in [1.82, 2.24) is 9.78 Å². The Hall–Kier alpha value is -3.18. The lowest BCUT2D eigenvalue weighted by molar-refractivity contribution is 0.104. The molecule has 1 aliphatic rings. The number of aryl methyl sites for hydroxylation is 1. The summed E-state index contributed by atoms with van der Waals surface area (Å²) in [6.45, 7) is 8.02. The average Bonchev–Trinajstić information content (AvgIpc) is 3.05. The van der Waals surface area contributed by atoms with E-state index in [2.05, 4.69) is 22.1 Å². The minimum absolute atomic E-state index is 0.00173. The lowest BCUT2D eigenvalue weighted by atomic mass is 10.1. The Balaban J connectivity index is 1.46. The molecule has 1 saturated heterocycles. The Kier molecular flexibility index (Phi) is 6.10. The Morgan fingerprint density at radius 1 is 1.03 bits per heavy atom. The lowest BCUT2D eigenvalue weighted by Crippen LogP contribution is -2.36. The number of rotatable bonds is 6. The topological polar surface area (TPSA) is 47.4 Å². The van der Waals surface area contributed by atoms with Crippen molar-refractivity contribution in [1.29, 1.82) is 0 Å². The van der Waals surface area contributed by atoms with E-state index >= 15 is 0 Å². The number of anilines is 1. The maximum Gasteiger partial charge on any atom is 0.185 e. The molecule has 0 aliphatic carbocycles. The van der Waals surface area contributed by atoms with Crippen LogP contribution in [-0.2, 0) is 11.3 Å². The van der Waals surface area contributed by atoms with Crippen molar-refractivity contribution >= 4 is 17.5 Å². The van der Waals surface area contributed by atoms with Gasteiger partial charge in [0.1, 0.15) is 0 Å². The first-order valence-corrected chi connectivity index (χ1v) is 10.3. The first kappa shape index (κ1) is 20.1. The van der Waals surface area contributed by atoms with Gasteiger partial charge in [-0.2, -0.15) is 5.10 Å². The van der Waals surface area contributed by atoms with Crippen molar-refractivity contribution in [2.75, 3.05) is 31.2 Å². The van der Waals surface area contributed by atoms with Gasteiger partial charge >= 0.3 is 0 Å². The van der Waals surface area contributed by atoms with Crippen LogP contribution in [-0.4, -0.2) is 41.9 Å². The molecule has 0 amide bonds. The van der Waals surface area contributed by atoms with E-state index in [9.17, 15) is 4.79 Å². The van der Waals surface area contributed by atoms with Gasteiger partial charge in [-0.1, -0.05) is 30.3 Å². The van der Waals surface area contributed by atoms with Gasteiger partial charge in [-0.3, -0.25) is 9.48 Å². The Bertz CT molecular complexity index is 1030. The predicted octanol–water partition coefficient (Wildman–Crippen LogP) is 4.28. The summed E-state index contributed by atoms with van der Waals surface area (Å²) in [4.78, 5) is 15.0. The fourth-order valence-corrected chi connectivity index (χ4v) is 3.78. The number of hydrogen-bond donors (Lipinski definition) is 0. The Morgan fingerprint density at radius 2 is 1.73 bits per heavy atom. The van der Waals surface area contributed by atoms with E-state index in [0.717, 1.165) is 55.5 Å². The van der Waals surface area contributed by atoms with Crippen molar-refractivity contribution in [3.63, 3.8) is 0 Å². The van der Waals surface area contributed by atoms with Crippen molar-refractivity contribution in [3.05, 3.63) is 88.8 Å². The highest BCUT2D eigenvalue weighted by molar-refractivity contribution is 6.07. The summed E-state index contributed by atoms with van der Waals surface area (Å²) in [6, 6.07) is 18.1. The molecule has 1 aromatic heterocycles. The van der Waals surface area contributed by atoms with E-state index in [1.54, 1.807) is 6.08 Å². The second kappa shape index (κ2) is 9.09. The molecule has 4 rings (SSSR count). The predicted molar refractivity (Wildman–Crippen MR) is 120 cm³/mol. The highest BCUT2D eigenvalue weighted by atomic mass is 16.5. The second-order valence-electron chi connectivity index (χ2n) is 7.57. The van der Waals surface area contributed by atoms with Crippen molar-refractivity contribution in [2.24, 2.45) is 0 Å². The van der Waals surface area contributed by atoms with E-state index < -0.39 is 0 Å². The number of hydrogen-bond acceptors (Lipinski definition) is 4. The van der Waals surface area contributed by atoms with Crippen LogP contribution in [0.4, 0.5) is 5.69 Å². The summed E-state index contributed by atoms with van der Waals surface area (Å²) in [5.74, 6) is -0.00173. The fourth-order valence-electron chi connectivity index (χ4n) is 3.78. The second-order valence-corrected chi connectivity index (χ2v) is 7.57. The molecule has 3 aromatic rings. The van der Waals surface area contributed by atoms with E-state index in [-0.39, 0.29) is 5.78 Å². The monoisotopic (exact) mass is 401 g/mol. The molecule has 0 unspecified atom stereocenters. The summed E-state index contributed by atoms with van der Waals surface area (Å²) in [5, 5.41) is 4.66. The number of aromatic nitrogens is 2. The highest BCUT2D eigenvalue weighted by Crippen LogP contribution is 2.19. The van der Waals surface area contributed by atoms with Crippen LogP contribution >= 0.6 is 0 Å². The van der Waals surface area contributed by atoms with Gasteiger partial charge in [0.2, 0.25) is 0 Å². The SMILES string of the molecule is Cc1nn(Cc2ccccc2)c(C)c1/C=C/C(=O)c1ccc(N2CCOCC2)cc1. The quantitative estimate of drug-likeness (QED) is 0.457. The first-order valence-electron chi connectivity index (χ1n) is 10.3. The molecule has 0 saturated carbocycles. The van der Waals surface area contributed by atoms with Crippen LogP contribution < -0.4 is 4.90 Å². The van der Waals surface area contributed by atoms with E-state index in [4.69, 9.17) is 4.74 Å². The number of ketones is 1. The zero-order chi connectivity index (χ0) is 20.9. The number of benzene rings is 2. The summed E-state index contributed by atoms with van der Waals surface area (Å²) < 4.78 is 7.39. The molecule has 2 aromatic carbocycles. The first-order chi connectivity index (χ1) is 14.6. The van der Waals surface area contributed by atoms with Crippen LogP contribution in [0.25, 0.3) is 6.08 Å². The number of carbonyl (C=O) groups excluding carboxylic acids is 1. The molecular weight excluding hydrogens is 374 g/mol. The van der Waals surface area contributed by atoms with Gasteiger partial charge in [-0.15, -0.1) is 0 Å². The molecule has 0 radical (unpaired) electrons. The summed E-state index contributed by atoms with van der Waals surface area (Å²) in [6.07, 6.45) is 3.53. The average molecular weight is 402 g/mol. The molecule has 1 aliphatic heterocycles. The van der Waals surface area contributed by atoms with Gasteiger partial charge in [-0.25, -0.2) is 0 Å². The summed E-state index contributed by atoms with van der Waals surface area (Å²) >= 11 is 0. The highest BCUT2D eigenvalue weighted by Gasteiger charge is 2.13. The third kappa shape index (κ3) is 4.52. The van der Waals surface area contributed by atoms with Gasteiger partial charge in [0.25, 0.3) is 0 Å². The van der Waals surface area contributed by atoms with Crippen molar-refractivity contribution in [2.45, 2.75) is 20.4 Å². The number of carbonyl (C=O) groups is 1. The standard InChI is InChI=1S/C25H27N3O2/c1-19-24(20(2)28(26-19)18-21-6-4-3-5-7-21)12-13-25(29)22-8-10-23(11-9-22)27-14-16-30-17-15-27/h3-13H,14-18H2,1-2H3/b13-12+. The third-order valence-corrected chi connectivity index (χ3v) is 5.54. The molecule has 0 bridgehead atoms. The molecule has 0 spiro atoms. The van der Waals surface area contributed by atoms with Crippen molar-refractivity contribution in [3.8, 4) is 0 Å². The molecule has 30 heavy (non-hydrogen) atoms. The number of nitrogens with zero attached hydrogens (tertiary/aromatic N) is 3. The largest absolute Gasteiger partial charge is 0.378 e. The van der Waals surface area contributed by atoms with Gasteiger partial charge in [0, 0.05) is 35.6 Å². The van der Waals surface area contributed by atoms with Crippen LogP contribution in [0.3, 0.4) is 0 Å². The zero-order valence-corrected chi connectivity index (χ0v) is 17.5. The van der Waals surface area contributed by atoms with E-state index in [1.807, 2.05) is 67.1 Å². The molecule has 0 atom stereocenters. The van der Waals surface area contributed by atoms with Crippen LogP contribution in [0, 0.1) is 13.8 Å². The number of ether oxygens (including phenoxy) is 1. The summed E-state index contributed by atoms with van der Waals surface area (Å²) in [5.41, 5.74) is 6.01. The molecule has 5 heteroatoms. The van der Waals surface area contributed by atoms with Gasteiger partial charge < -0.3 is 9.64 Å².